The Hall–Kier alpha value is -1.20. The number of likely N-dealkylation sites (tertiary alicyclic amines) is 1. The number of piperidine rings is 1. The van der Waals surface area contributed by atoms with Crippen LogP contribution in [-0.4, -0.2) is 35.7 Å². The van der Waals surface area contributed by atoms with Crippen molar-refractivity contribution >= 4 is 17.3 Å². The van der Waals surface area contributed by atoms with Crippen LogP contribution in [0.15, 0.2) is 24.3 Å². The molecule has 0 radical (unpaired) electrons. The number of thiocarbonyl (C=S) groups is 1. The van der Waals surface area contributed by atoms with Gasteiger partial charge in [0.15, 0.2) is 5.11 Å². The summed E-state index contributed by atoms with van der Waals surface area (Å²) in [5.74, 6) is -0.212. The zero-order valence-electron chi connectivity index (χ0n) is 13.3. The lowest BCUT2D eigenvalue weighted by molar-refractivity contribution is 0.159. The smallest absolute Gasteiger partial charge is 0.166 e. The third kappa shape index (κ3) is 5.89. The van der Waals surface area contributed by atoms with Crippen LogP contribution < -0.4 is 10.6 Å². The fourth-order valence-corrected chi connectivity index (χ4v) is 3.00. The number of nitrogens with one attached hydrogen (secondary N) is 2. The second kappa shape index (κ2) is 9.06. The SMILES string of the molecule is C[C@H]1CCCCN1CCCNC(=S)NCc1ccc(F)cc1. The summed E-state index contributed by atoms with van der Waals surface area (Å²) in [5, 5.41) is 7.05. The Balaban J connectivity index is 1.56. The van der Waals surface area contributed by atoms with E-state index in [4.69, 9.17) is 12.2 Å². The first kappa shape index (κ1) is 17.2. The van der Waals surface area contributed by atoms with Gasteiger partial charge in [0, 0.05) is 25.7 Å². The number of rotatable bonds is 6. The fourth-order valence-electron chi connectivity index (χ4n) is 2.82. The largest absolute Gasteiger partial charge is 0.363 e. The van der Waals surface area contributed by atoms with Gasteiger partial charge >= 0.3 is 0 Å². The lowest BCUT2D eigenvalue weighted by Gasteiger charge is -2.33. The molecule has 1 aliphatic rings. The first-order valence-corrected chi connectivity index (χ1v) is 8.56. The molecule has 5 heteroatoms. The van der Waals surface area contributed by atoms with Gasteiger partial charge in [-0.25, -0.2) is 4.39 Å². The minimum absolute atomic E-state index is 0.212. The molecule has 1 atom stereocenters. The molecule has 1 aliphatic heterocycles. The molecule has 1 saturated heterocycles. The van der Waals surface area contributed by atoms with E-state index >= 15 is 0 Å². The second-order valence-corrected chi connectivity index (χ2v) is 6.38. The Morgan fingerprint density at radius 3 is 2.77 bits per heavy atom. The van der Waals surface area contributed by atoms with Gasteiger partial charge in [0.2, 0.25) is 0 Å². The number of hydrogen-bond donors (Lipinski definition) is 2. The standard InChI is InChI=1S/C17H26FN3S/c1-14-5-2-3-11-21(14)12-4-10-19-17(22)20-13-15-6-8-16(18)9-7-15/h6-9,14H,2-5,10-13H2,1H3,(H2,19,20,22)/t14-/m0/s1. The lowest BCUT2D eigenvalue weighted by atomic mass is 10.0. The van der Waals surface area contributed by atoms with Crippen LogP contribution in [-0.2, 0) is 6.54 Å². The molecule has 1 heterocycles. The molecule has 0 amide bonds. The maximum atomic E-state index is 12.8. The van der Waals surface area contributed by atoms with E-state index in [-0.39, 0.29) is 5.82 Å². The summed E-state index contributed by atoms with van der Waals surface area (Å²) in [7, 11) is 0. The number of nitrogens with zero attached hydrogens (tertiary/aromatic N) is 1. The van der Waals surface area contributed by atoms with E-state index in [1.165, 1.54) is 37.9 Å². The molecule has 0 spiro atoms. The van der Waals surface area contributed by atoms with Gasteiger partial charge in [-0.3, -0.25) is 0 Å². The first-order chi connectivity index (χ1) is 10.6. The van der Waals surface area contributed by atoms with E-state index in [9.17, 15) is 4.39 Å². The van der Waals surface area contributed by atoms with Gasteiger partial charge in [-0.2, -0.15) is 0 Å². The highest BCUT2D eigenvalue weighted by Gasteiger charge is 2.16. The summed E-state index contributed by atoms with van der Waals surface area (Å²) >= 11 is 5.26. The van der Waals surface area contributed by atoms with Gasteiger partial charge in [-0.15, -0.1) is 0 Å². The topological polar surface area (TPSA) is 27.3 Å². The highest BCUT2D eigenvalue weighted by Crippen LogP contribution is 2.15. The molecule has 122 valence electrons. The van der Waals surface area contributed by atoms with Gasteiger partial charge in [0.1, 0.15) is 5.82 Å². The van der Waals surface area contributed by atoms with Crippen molar-refractivity contribution in [3.63, 3.8) is 0 Å². The fraction of sp³-hybridized carbons (Fsp3) is 0.588. The summed E-state index contributed by atoms with van der Waals surface area (Å²) in [5.41, 5.74) is 1.02. The van der Waals surface area contributed by atoms with Crippen LogP contribution in [0.5, 0.6) is 0 Å². The molecule has 0 aliphatic carbocycles. The van der Waals surface area contributed by atoms with Crippen LogP contribution in [0.2, 0.25) is 0 Å². The van der Waals surface area contributed by atoms with Crippen LogP contribution in [0.4, 0.5) is 4.39 Å². The average Bonchev–Trinajstić information content (AvgIpc) is 2.52. The third-order valence-corrected chi connectivity index (χ3v) is 4.50. The molecular weight excluding hydrogens is 297 g/mol. The quantitative estimate of drug-likeness (QED) is 0.621. The number of hydrogen-bond acceptors (Lipinski definition) is 2. The Morgan fingerprint density at radius 1 is 1.27 bits per heavy atom. The maximum Gasteiger partial charge on any atom is 0.166 e. The second-order valence-electron chi connectivity index (χ2n) is 5.97. The molecule has 1 aromatic rings. The summed E-state index contributed by atoms with van der Waals surface area (Å²) in [6, 6.07) is 7.18. The minimum atomic E-state index is -0.212. The van der Waals surface area contributed by atoms with Gasteiger partial charge in [-0.05, 0) is 62.6 Å². The molecule has 0 aromatic heterocycles. The molecule has 22 heavy (non-hydrogen) atoms. The Kier molecular flexibility index (Phi) is 7.06. The summed E-state index contributed by atoms with van der Waals surface area (Å²) in [4.78, 5) is 2.57. The molecule has 0 saturated carbocycles. The highest BCUT2D eigenvalue weighted by atomic mass is 32.1. The Labute approximate surface area is 138 Å². The van der Waals surface area contributed by atoms with Crippen molar-refractivity contribution < 1.29 is 4.39 Å². The third-order valence-electron chi connectivity index (χ3n) is 4.21. The number of benzene rings is 1. The Bertz CT molecular complexity index is 463. The Morgan fingerprint density at radius 2 is 2.05 bits per heavy atom. The molecule has 1 fully saturated rings. The normalized spacial score (nSPS) is 18.9. The van der Waals surface area contributed by atoms with Crippen molar-refractivity contribution in [2.75, 3.05) is 19.6 Å². The predicted molar refractivity (Wildman–Crippen MR) is 93.3 cm³/mol. The van der Waals surface area contributed by atoms with Crippen LogP contribution in [0.25, 0.3) is 0 Å². The summed E-state index contributed by atoms with van der Waals surface area (Å²) < 4.78 is 12.8. The summed E-state index contributed by atoms with van der Waals surface area (Å²) in [6.45, 7) is 6.19. The van der Waals surface area contributed by atoms with Crippen molar-refractivity contribution in [1.29, 1.82) is 0 Å². The predicted octanol–water partition coefficient (Wildman–Crippen LogP) is 3.05. The van der Waals surface area contributed by atoms with Gasteiger partial charge in [-0.1, -0.05) is 18.6 Å². The van der Waals surface area contributed by atoms with Crippen molar-refractivity contribution in [3.8, 4) is 0 Å². The van der Waals surface area contributed by atoms with E-state index < -0.39 is 0 Å². The van der Waals surface area contributed by atoms with Crippen molar-refractivity contribution in [1.82, 2.24) is 15.5 Å². The minimum Gasteiger partial charge on any atom is -0.363 e. The lowest BCUT2D eigenvalue weighted by Crippen LogP contribution is -2.40. The zero-order valence-corrected chi connectivity index (χ0v) is 14.1. The molecule has 2 N–H and O–H groups in total. The van der Waals surface area contributed by atoms with E-state index in [1.54, 1.807) is 12.1 Å². The van der Waals surface area contributed by atoms with Gasteiger partial charge in [0.05, 0.1) is 0 Å². The maximum absolute atomic E-state index is 12.8. The monoisotopic (exact) mass is 323 g/mol. The first-order valence-electron chi connectivity index (χ1n) is 8.15. The van der Waals surface area contributed by atoms with Gasteiger partial charge < -0.3 is 15.5 Å². The van der Waals surface area contributed by atoms with Crippen LogP contribution in [0.1, 0.15) is 38.2 Å². The molecule has 0 unspecified atom stereocenters. The van der Waals surface area contributed by atoms with Crippen LogP contribution in [0.3, 0.4) is 0 Å². The van der Waals surface area contributed by atoms with E-state index in [2.05, 4.69) is 22.5 Å². The molecule has 2 rings (SSSR count). The molecule has 0 bridgehead atoms. The zero-order chi connectivity index (χ0) is 15.8. The summed E-state index contributed by atoms with van der Waals surface area (Å²) in [6.07, 6.45) is 5.12. The van der Waals surface area contributed by atoms with E-state index in [1.807, 2.05) is 0 Å². The van der Waals surface area contributed by atoms with E-state index in [0.29, 0.717) is 11.7 Å². The average molecular weight is 323 g/mol. The number of halogens is 1. The van der Waals surface area contributed by atoms with Crippen LogP contribution in [0, 0.1) is 5.82 Å². The highest BCUT2D eigenvalue weighted by molar-refractivity contribution is 7.80. The van der Waals surface area contributed by atoms with Crippen molar-refractivity contribution in [2.24, 2.45) is 0 Å². The molecular formula is C17H26FN3S. The van der Waals surface area contributed by atoms with Crippen molar-refractivity contribution in [3.05, 3.63) is 35.6 Å². The van der Waals surface area contributed by atoms with E-state index in [0.717, 1.165) is 31.1 Å². The molecule has 3 nitrogen and oxygen atoms in total. The van der Waals surface area contributed by atoms with Gasteiger partial charge in [0.25, 0.3) is 0 Å². The van der Waals surface area contributed by atoms with Crippen molar-refractivity contribution in [2.45, 2.75) is 45.2 Å². The molecule has 1 aromatic carbocycles. The van der Waals surface area contributed by atoms with Crippen LogP contribution >= 0.6 is 12.2 Å².